The maximum atomic E-state index is 12.7. The van der Waals surface area contributed by atoms with Crippen LogP contribution in [0.2, 0.25) is 0 Å². The molecule has 162 valence electrons. The van der Waals surface area contributed by atoms with Gasteiger partial charge in [0.2, 0.25) is 5.91 Å². The molecule has 0 spiro atoms. The van der Waals surface area contributed by atoms with Crippen LogP contribution in [0.3, 0.4) is 0 Å². The van der Waals surface area contributed by atoms with Crippen molar-refractivity contribution in [3.05, 3.63) is 54.1 Å². The number of nitrogen functional groups attached to an aromatic ring is 1. The Balaban J connectivity index is 1.53. The van der Waals surface area contributed by atoms with E-state index in [9.17, 15) is 9.59 Å². The molecule has 2 amide bonds. The van der Waals surface area contributed by atoms with E-state index in [1.807, 2.05) is 24.3 Å². The monoisotopic (exact) mass is 432 g/mol. The Kier molecular flexibility index (Phi) is 5.62. The minimum absolute atomic E-state index is 0.0691. The van der Waals surface area contributed by atoms with Crippen LogP contribution >= 0.6 is 0 Å². The zero-order chi connectivity index (χ0) is 22.7. The summed E-state index contributed by atoms with van der Waals surface area (Å²) in [4.78, 5) is 28.3. The Hall–Kier alpha value is -4.54. The summed E-state index contributed by atoms with van der Waals surface area (Å²) in [5.41, 5.74) is 12.1. The number of nitrogens with zero attached hydrogens (tertiary/aromatic N) is 5. The van der Waals surface area contributed by atoms with Crippen LogP contribution in [0.25, 0.3) is 22.6 Å². The fraction of sp³-hybridized carbons (Fsp3) is 0.143. The molecule has 0 atom stereocenters. The van der Waals surface area contributed by atoms with Gasteiger partial charge in [-0.05, 0) is 47.1 Å². The summed E-state index contributed by atoms with van der Waals surface area (Å²) in [5, 5.41) is 14.3. The average molecular weight is 432 g/mol. The second-order valence-corrected chi connectivity index (χ2v) is 7.00. The first-order valence-electron chi connectivity index (χ1n) is 9.67. The second-order valence-electron chi connectivity index (χ2n) is 7.00. The van der Waals surface area contributed by atoms with Crippen LogP contribution in [0, 0.1) is 0 Å². The van der Waals surface area contributed by atoms with Gasteiger partial charge in [0.15, 0.2) is 17.3 Å². The number of imidazole rings is 1. The number of benzene rings is 2. The molecule has 2 aromatic carbocycles. The Morgan fingerprint density at radius 3 is 2.53 bits per heavy atom. The van der Waals surface area contributed by atoms with Gasteiger partial charge < -0.3 is 15.6 Å². The van der Waals surface area contributed by atoms with E-state index < -0.39 is 0 Å². The van der Waals surface area contributed by atoms with Gasteiger partial charge in [-0.2, -0.15) is 5.10 Å². The predicted octanol–water partition coefficient (Wildman–Crippen LogP) is 2.17. The number of hydrazone groups is 1. The van der Waals surface area contributed by atoms with Crippen LogP contribution in [-0.4, -0.2) is 37.4 Å². The molecular formula is C21H20N8O3. The van der Waals surface area contributed by atoms with Crippen molar-refractivity contribution in [3.8, 4) is 11.5 Å². The van der Waals surface area contributed by atoms with E-state index >= 15 is 0 Å². The molecule has 0 aliphatic carbocycles. The molecule has 0 unspecified atom stereocenters. The molecule has 4 aromatic rings. The number of nitrogens with two attached hydrogens (primary N) is 1. The van der Waals surface area contributed by atoms with Crippen molar-refractivity contribution in [1.82, 2.24) is 25.3 Å². The minimum atomic E-state index is -0.362. The lowest BCUT2D eigenvalue weighted by atomic mass is 10.1. The maximum Gasteiger partial charge on any atom is 0.260 e. The van der Waals surface area contributed by atoms with E-state index in [2.05, 4.69) is 35.8 Å². The van der Waals surface area contributed by atoms with Gasteiger partial charge in [0, 0.05) is 12.6 Å². The smallest absolute Gasteiger partial charge is 0.260 e. The van der Waals surface area contributed by atoms with Crippen molar-refractivity contribution in [3.63, 3.8) is 0 Å². The van der Waals surface area contributed by atoms with Crippen molar-refractivity contribution in [2.45, 2.75) is 20.4 Å². The molecule has 2 heterocycles. The van der Waals surface area contributed by atoms with Crippen LogP contribution in [0.4, 0.5) is 11.5 Å². The Bertz CT molecular complexity index is 1320. The van der Waals surface area contributed by atoms with Gasteiger partial charge in [0.1, 0.15) is 6.54 Å². The Morgan fingerprint density at radius 1 is 1.09 bits per heavy atom. The lowest BCUT2D eigenvalue weighted by Gasteiger charge is -2.08. The first kappa shape index (κ1) is 20.7. The fourth-order valence-corrected chi connectivity index (χ4v) is 3.15. The molecule has 11 heteroatoms. The van der Waals surface area contributed by atoms with Crippen LogP contribution in [-0.2, 0) is 16.1 Å². The SMILES string of the molecule is CC(=O)Nc1ccc(/C(C)=N\NC(=O)Cn2c(-c3nonc3N)nc3ccccc32)cc1. The number of carbonyl (C=O) groups is 2. The molecular weight excluding hydrogens is 412 g/mol. The fourth-order valence-electron chi connectivity index (χ4n) is 3.15. The third-order valence-corrected chi connectivity index (χ3v) is 4.65. The highest BCUT2D eigenvalue weighted by Gasteiger charge is 2.20. The zero-order valence-corrected chi connectivity index (χ0v) is 17.4. The number of hydrogen-bond donors (Lipinski definition) is 3. The molecule has 4 rings (SSSR count). The number of hydrogen-bond acceptors (Lipinski definition) is 8. The van der Waals surface area contributed by atoms with Gasteiger partial charge in [-0.15, -0.1) is 0 Å². The zero-order valence-electron chi connectivity index (χ0n) is 17.4. The van der Waals surface area contributed by atoms with Crippen LogP contribution in [0.1, 0.15) is 19.4 Å². The highest BCUT2D eigenvalue weighted by atomic mass is 16.6. The molecule has 0 saturated carbocycles. The normalized spacial score (nSPS) is 11.5. The van der Waals surface area contributed by atoms with E-state index in [0.29, 0.717) is 22.7 Å². The number of amides is 2. The summed E-state index contributed by atoms with van der Waals surface area (Å²) in [5.74, 6) is -0.0588. The predicted molar refractivity (Wildman–Crippen MR) is 119 cm³/mol. The largest absolute Gasteiger partial charge is 0.379 e. The average Bonchev–Trinajstić information content (AvgIpc) is 3.35. The molecule has 32 heavy (non-hydrogen) atoms. The quantitative estimate of drug-likeness (QED) is 0.312. The van der Waals surface area contributed by atoms with Gasteiger partial charge >= 0.3 is 0 Å². The maximum absolute atomic E-state index is 12.7. The van der Waals surface area contributed by atoms with Crippen LogP contribution in [0.5, 0.6) is 0 Å². The standard InChI is InChI=1S/C21H20N8O3/c1-12(14-7-9-15(10-8-14)23-13(2)30)25-26-18(31)11-29-17-6-4-3-5-16(17)24-21(29)19-20(22)28-32-27-19/h3-10H,11H2,1-2H3,(H2,22,28)(H,23,30)(H,26,31)/b25-12-. The van der Waals surface area contributed by atoms with Crippen LogP contribution in [0.15, 0.2) is 58.3 Å². The molecule has 0 radical (unpaired) electrons. The highest BCUT2D eigenvalue weighted by Crippen LogP contribution is 2.26. The summed E-state index contributed by atoms with van der Waals surface area (Å²) in [6.07, 6.45) is 0. The molecule has 4 N–H and O–H groups in total. The van der Waals surface area contributed by atoms with E-state index in [-0.39, 0.29) is 29.9 Å². The Morgan fingerprint density at radius 2 is 1.84 bits per heavy atom. The highest BCUT2D eigenvalue weighted by molar-refractivity contribution is 6.00. The van der Waals surface area contributed by atoms with E-state index in [1.165, 1.54) is 6.92 Å². The topological polar surface area (TPSA) is 153 Å². The summed E-state index contributed by atoms with van der Waals surface area (Å²) >= 11 is 0. The van der Waals surface area contributed by atoms with Crippen LogP contribution < -0.4 is 16.5 Å². The summed E-state index contributed by atoms with van der Waals surface area (Å²) in [6, 6.07) is 14.5. The van der Waals surface area contributed by atoms with Gasteiger partial charge in [0.25, 0.3) is 5.91 Å². The van der Waals surface area contributed by atoms with E-state index in [4.69, 9.17) is 5.73 Å². The molecule has 0 aliphatic rings. The van der Waals surface area contributed by atoms with E-state index in [0.717, 1.165) is 11.1 Å². The minimum Gasteiger partial charge on any atom is -0.379 e. The van der Waals surface area contributed by atoms with E-state index in [1.54, 1.807) is 35.8 Å². The van der Waals surface area contributed by atoms with Crippen molar-refractivity contribution >= 4 is 40.1 Å². The number of fused-ring (bicyclic) bond motifs is 1. The lowest BCUT2D eigenvalue weighted by Crippen LogP contribution is -2.24. The van der Waals surface area contributed by atoms with Crippen molar-refractivity contribution < 1.29 is 14.2 Å². The molecule has 0 aliphatic heterocycles. The van der Waals surface area contributed by atoms with Gasteiger partial charge in [0.05, 0.1) is 16.7 Å². The summed E-state index contributed by atoms with van der Waals surface area (Å²) in [6.45, 7) is 3.15. The van der Waals surface area contributed by atoms with Gasteiger partial charge in [-0.1, -0.05) is 24.3 Å². The van der Waals surface area contributed by atoms with Crippen molar-refractivity contribution in [2.24, 2.45) is 5.10 Å². The third-order valence-electron chi connectivity index (χ3n) is 4.65. The molecule has 0 bridgehead atoms. The number of para-hydroxylation sites is 2. The third kappa shape index (κ3) is 4.31. The molecule has 0 saturated heterocycles. The molecule has 0 fully saturated rings. The van der Waals surface area contributed by atoms with Crippen molar-refractivity contribution in [2.75, 3.05) is 11.1 Å². The molecule has 11 nitrogen and oxygen atoms in total. The number of aromatic nitrogens is 4. The number of anilines is 2. The number of nitrogens with one attached hydrogen (secondary N) is 2. The Labute approximate surface area is 182 Å². The first-order chi connectivity index (χ1) is 15.4. The van der Waals surface area contributed by atoms with Gasteiger partial charge in [-0.25, -0.2) is 15.0 Å². The second kappa shape index (κ2) is 8.68. The van der Waals surface area contributed by atoms with Gasteiger partial charge in [-0.3, -0.25) is 9.59 Å². The first-order valence-corrected chi connectivity index (χ1v) is 9.67. The summed E-state index contributed by atoms with van der Waals surface area (Å²) in [7, 11) is 0. The molecule has 2 aromatic heterocycles. The number of rotatable bonds is 6. The number of carbonyl (C=O) groups excluding carboxylic acids is 2. The lowest BCUT2D eigenvalue weighted by molar-refractivity contribution is -0.121. The summed E-state index contributed by atoms with van der Waals surface area (Å²) < 4.78 is 6.36. The van der Waals surface area contributed by atoms with Crippen molar-refractivity contribution in [1.29, 1.82) is 0 Å².